The Morgan fingerprint density at radius 2 is 1.32 bits per heavy atom. The molecule has 1 rings (SSSR count). The molecule has 19 heavy (non-hydrogen) atoms. The van der Waals surface area contributed by atoms with Gasteiger partial charge >= 0.3 is 7.95 Å². The third-order valence-corrected chi connectivity index (χ3v) is 9.57. The zero-order valence-corrected chi connectivity index (χ0v) is 13.3. The van der Waals surface area contributed by atoms with Crippen LogP contribution in [-0.4, -0.2) is 36.2 Å². The second-order valence-electron chi connectivity index (χ2n) is 3.62. The van der Waals surface area contributed by atoms with E-state index in [2.05, 4.69) is 0 Å². The second kappa shape index (κ2) is 7.16. The van der Waals surface area contributed by atoms with Crippen LogP contribution in [0.5, 0.6) is 0 Å². The standard InChI is InChI=1S/C12H20O5SSi/c1-4-15-19(16-5-2,17-6-3)18(13,14)12-10-8-7-9-11-12/h7-11H,4-6H2,1-3H3. The molecule has 0 spiro atoms. The lowest BCUT2D eigenvalue weighted by Crippen LogP contribution is -2.53. The smallest absolute Gasteiger partial charge is 0.363 e. The zero-order chi connectivity index (χ0) is 14.4. The van der Waals surface area contributed by atoms with E-state index in [0.29, 0.717) is 0 Å². The quantitative estimate of drug-likeness (QED) is 0.687. The third-order valence-electron chi connectivity index (χ3n) is 2.35. The van der Waals surface area contributed by atoms with E-state index in [1.807, 2.05) is 0 Å². The first-order valence-electron chi connectivity index (χ1n) is 6.25. The van der Waals surface area contributed by atoms with Crippen molar-refractivity contribution in [1.29, 1.82) is 0 Å². The molecule has 108 valence electrons. The van der Waals surface area contributed by atoms with Gasteiger partial charge in [0.15, 0.2) is 0 Å². The van der Waals surface area contributed by atoms with Gasteiger partial charge in [-0.15, -0.1) is 0 Å². The minimum Gasteiger partial charge on any atom is -0.363 e. The lowest BCUT2D eigenvalue weighted by Gasteiger charge is -2.27. The van der Waals surface area contributed by atoms with Gasteiger partial charge in [0.05, 0.1) is 4.90 Å². The van der Waals surface area contributed by atoms with Crippen molar-refractivity contribution in [3.63, 3.8) is 0 Å². The maximum Gasteiger partial charge on any atom is 0.640 e. The Kier molecular flexibility index (Phi) is 6.15. The van der Waals surface area contributed by atoms with Gasteiger partial charge in [0.1, 0.15) is 0 Å². The average molecular weight is 304 g/mol. The summed E-state index contributed by atoms with van der Waals surface area (Å²) in [5.41, 5.74) is 0. The second-order valence-corrected chi connectivity index (χ2v) is 10.1. The van der Waals surface area contributed by atoms with Gasteiger partial charge in [0.25, 0.3) is 0 Å². The summed E-state index contributed by atoms with van der Waals surface area (Å²) in [7, 11) is -7.57. The third kappa shape index (κ3) is 3.43. The average Bonchev–Trinajstić information content (AvgIpc) is 2.40. The first kappa shape index (κ1) is 16.3. The highest BCUT2D eigenvalue weighted by molar-refractivity contribution is 8.19. The van der Waals surface area contributed by atoms with Crippen LogP contribution in [0.25, 0.3) is 0 Å². The molecule has 5 nitrogen and oxygen atoms in total. The minimum atomic E-state index is -3.79. The fraction of sp³-hybridized carbons (Fsp3) is 0.500. The van der Waals surface area contributed by atoms with E-state index < -0.39 is 17.2 Å². The van der Waals surface area contributed by atoms with E-state index in [1.165, 1.54) is 12.1 Å². The highest BCUT2D eigenvalue weighted by Gasteiger charge is 2.57. The molecule has 0 aromatic heterocycles. The molecule has 0 bridgehead atoms. The lowest BCUT2D eigenvalue weighted by atomic mass is 10.4. The fourth-order valence-electron chi connectivity index (χ4n) is 1.63. The Balaban J connectivity index is 3.29. The molecule has 1 aromatic rings. The van der Waals surface area contributed by atoms with Crippen molar-refractivity contribution in [2.75, 3.05) is 19.8 Å². The van der Waals surface area contributed by atoms with Crippen LogP contribution < -0.4 is 0 Å². The molecule has 0 fully saturated rings. The van der Waals surface area contributed by atoms with Crippen molar-refractivity contribution >= 4 is 17.2 Å². The number of benzene rings is 1. The van der Waals surface area contributed by atoms with Crippen molar-refractivity contribution in [3.05, 3.63) is 30.3 Å². The first-order chi connectivity index (χ1) is 9.04. The summed E-state index contributed by atoms with van der Waals surface area (Å²) < 4.78 is 41.7. The van der Waals surface area contributed by atoms with Gasteiger partial charge < -0.3 is 13.3 Å². The monoisotopic (exact) mass is 304 g/mol. The van der Waals surface area contributed by atoms with Crippen molar-refractivity contribution in [1.82, 2.24) is 0 Å². The van der Waals surface area contributed by atoms with E-state index in [1.54, 1.807) is 39.0 Å². The molecule has 0 N–H and O–H groups in total. The van der Waals surface area contributed by atoms with Crippen molar-refractivity contribution in [2.45, 2.75) is 25.7 Å². The summed E-state index contributed by atoms with van der Waals surface area (Å²) in [6.45, 7) is 5.83. The zero-order valence-electron chi connectivity index (χ0n) is 11.5. The molecule has 0 atom stereocenters. The summed E-state index contributed by atoms with van der Waals surface area (Å²) in [6, 6.07) is 8.12. The summed E-state index contributed by atoms with van der Waals surface area (Å²) >= 11 is 0. The van der Waals surface area contributed by atoms with Crippen LogP contribution in [-0.2, 0) is 22.6 Å². The normalized spacial score (nSPS) is 12.6. The molecule has 0 saturated heterocycles. The van der Waals surface area contributed by atoms with Gasteiger partial charge in [0, 0.05) is 19.8 Å². The Hall–Kier alpha value is -0.733. The van der Waals surface area contributed by atoms with E-state index in [9.17, 15) is 8.42 Å². The van der Waals surface area contributed by atoms with Gasteiger partial charge in [-0.3, -0.25) is 0 Å². The summed E-state index contributed by atoms with van der Waals surface area (Å²) in [5.74, 6) is 0. The lowest BCUT2D eigenvalue weighted by molar-refractivity contribution is 0.0931. The maximum atomic E-state index is 12.7. The molecular formula is C12H20O5SSi. The van der Waals surface area contributed by atoms with Crippen LogP contribution in [0, 0.1) is 0 Å². The maximum absolute atomic E-state index is 12.7. The van der Waals surface area contributed by atoms with Gasteiger partial charge in [0.2, 0.25) is 9.29 Å². The predicted octanol–water partition coefficient (Wildman–Crippen LogP) is 2.01. The molecule has 0 saturated carbocycles. The van der Waals surface area contributed by atoms with Crippen LogP contribution in [0.15, 0.2) is 35.2 Å². The molecule has 0 unspecified atom stereocenters. The summed E-state index contributed by atoms with van der Waals surface area (Å²) in [6.07, 6.45) is 0. The first-order valence-corrected chi connectivity index (χ1v) is 10.2. The molecule has 0 radical (unpaired) electrons. The summed E-state index contributed by atoms with van der Waals surface area (Å²) in [5, 5.41) is 0. The number of hydrogen-bond donors (Lipinski definition) is 0. The fourth-order valence-corrected chi connectivity index (χ4v) is 7.94. The van der Waals surface area contributed by atoms with Crippen LogP contribution in [0.4, 0.5) is 0 Å². The molecule has 0 aliphatic carbocycles. The Morgan fingerprint density at radius 1 is 0.895 bits per heavy atom. The largest absolute Gasteiger partial charge is 0.640 e. The molecule has 7 heteroatoms. The van der Waals surface area contributed by atoms with Crippen LogP contribution in [0.3, 0.4) is 0 Å². The predicted molar refractivity (Wildman–Crippen MR) is 74.3 cm³/mol. The molecule has 0 amide bonds. The van der Waals surface area contributed by atoms with Crippen LogP contribution in [0.1, 0.15) is 20.8 Å². The Morgan fingerprint density at radius 3 is 1.68 bits per heavy atom. The topological polar surface area (TPSA) is 61.8 Å². The van der Waals surface area contributed by atoms with Gasteiger partial charge in [-0.25, -0.2) is 8.42 Å². The SMILES string of the molecule is CCO[Si](OCC)(OCC)S(=O)(=O)c1ccccc1. The highest BCUT2D eigenvalue weighted by Crippen LogP contribution is 2.25. The number of rotatable bonds is 8. The van der Waals surface area contributed by atoms with Gasteiger partial charge in [-0.2, -0.15) is 0 Å². The molecule has 0 aliphatic heterocycles. The van der Waals surface area contributed by atoms with Crippen LogP contribution in [0.2, 0.25) is 0 Å². The van der Waals surface area contributed by atoms with Crippen molar-refractivity contribution in [3.8, 4) is 0 Å². The molecule has 0 heterocycles. The Labute approximate surface area is 115 Å². The summed E-state index contributed by atoms with van der Waals surface area (Å²) in [4.78, 5) is 0.164. The number of hydrogen-bond acceptors (Lipinski definition) is 5. The van der Waals surface area contributed by atoms with E-state index in [0.717, 1.165) is 0 Å². The van der Waals surface area contributed by atoms with Gasteiger partial charge in [-0.1, -0.05) is 18.2 Å². The molecule has 1 aromatic carbocycles. The molecular weight excluding hydrogens is 284 g/mol. The van der Waals surface area contributed by atoms with Crippen LogP contribution >= 0.6 is 0 Å². The Bertz CT molecular complexity index is 457. The van der Waals surface area contributed by atoms with Gasteiger partial charge in [-0.05, 0) is 32.9 Å². The van der Waals surface area contributed by atoms with Crippen molar-refractivity contribution < 1.29 is 21.7 Å². The van der Waals surface area contributed by atoms with E-state index >= 15 is 0 Å². The van der Waals surface area contributed by atoms with E-state index in [-0.39, 0.29) is 24.7 Å². The van der Waals surface area contributed by atoms with E-state index in [4.69, 9.17) is 13.3 Å². The van der Waals surface area contributed by atoms with Crippen molar-refractivity contribution in [2.24, 2.45) is 0 Å². The highest BCUT2D eigenvalue weighted by atomic mass is 32.4. The molecule has 0 aliphatic rings. The minimum absolute atomic E-state index is 0.164.